The van der Waals surface area contributed by atoms with E-state index < -0.39 is 29.6 Å². The summed E-state index contributed by atoms with van der Waals surface area (Å²) in [7, 11) is 0. The van der Waals surface area contributed by atoms with Crippen molar-refractivity contribution in [3.8, 4) is 5.75 Å². The topological polar surface area (TPSA) is 104 Å². The Hall–Kier alpha value is -3.60. The molecule has 4 aliphatic rings. The maximum absolute atomic E-state index is 14.2. The number of benzene rings is 3. The third-order valence-corrected chi connectivity index (χ3v) is 10.5. The quantitative estimate of drug-likeness (QED) is 0.262. The first kappa shape index (κ1) is 29.1. The fourth-order valence-electron chi connectivity index (χ4n) is 7.59. The predicted octanol–water partition coefficient (Wildman–Crippen LogP) is 5.63. The molecule has 8 nitrogen and oxygen atoms in total. The fraction of sp³-hybridized carbons (Fsp3) is 0.294. The minimum atomic E-state index is -0.649. The molecule has 10 heteroatoms. The van der Waals surface area contributed by atoms with Crippen LogP contribution in [-0.4, -0.2) is 41.9 Å². The molecule has 224 valence electrons. The highest BCUT2D eigenvalue weighted by Gasteiger charge is 2.62. The van der Waals surface area contributed by atoms with Crippen molar-refractivity contribution in [2.24, 2.45) is 29.6 Å². The number of rotatable bonds is 6. The molecule has 3 aromatic carbocycles. The minimum Gasteiger partial charge on any atom is -0.491 e. The van der Waals surface area contributed by atoms with Gasteiger partial charge in [0, 0.05) is 14.9 Å². The molecule has 2 aliphatic carbocycles. The monoisotopic (exact) mass is 718 g/mol. The van der Waals surface area contributed by atoms with Crippen molar-refractivity contribution >= 4 is 66.9 Å². The van der Waals surface area contributed by atoms with Gasteiger partial charge in [0.15, 0.2) is 0 Å². The lowest BCUT2D eigenvalue weighted by molar-refractivity contribution is -0.126. The fourth-order valence-corrected chi connectivity index (χ4v) is 8.12. The van der Waals surface area contributed by atoms with Gasteiger partial charge >= 0.3 is 0 Å². The van der Waals surface area contributed by atoms with Crippen molar-refractivity contribution in [2.45, 2.75) is 18.8 Å². The Morgan fingerprint density at radius 2 is 1.23 bits per heavy atom. The molecule has 1 saturated carbocycles. The van der Waals surface area contributed by atoms with Crippen LogP contribution in [0.2, 0.25) is 0 Å². The van der Waals surface area contributed by atoms with Crippen LogP contribution < -0.4 is 14.5 Å². The van der Waals surface area contributed by atoms with E-state index in [1.54, 1.807) is 60.7 Å². The van der Waals surface area contributed by atoms with Crippen molar-refractivity contribution in [1.82, 2.24) is 0 Å². The summed E-state index contributed by atoms with van der Waals surface area (Å²) >= 11 is 6.84. The van der Waals surface area contributed by atoms with E-state index in [1.165, 1.54) is 9.80 Å². The average molecular weight is 720 g/mol. The van der Waals surface area contributed by atoms with Crippen LogP contribution in [0.4, 0.5) is 11.4 Å². The van der Waals surface area contributed by atoms with Gasteiger partial charge in [0.05, 0.1) is 41.7 Å². The van der Waals surface area contributed by atoms with Gasteiger partial charge in [-0.25, -0.2) is 0 Å². The third kappa shape index (κ3) is 4.66. The maximum Gasteiger partial charge on any atom is 0.238 e. The SMILES string of the molecule is O=C1[C@H]2[C@H](CC=C3[C@H]2C[C@H]2C(=O)N(c4ccc(Br)cc4)C(=O)[C@H]2[C@H]3c2ccc(OCCO)cc2)C(=O)N1c1ccc(Br)cc1. The number of imide groups is 2. The largest absolute Gasteiger partial charge is 0.491 e. The normalized spacial score (nSPS) is 27.7. The van der Waals surface area contributed by atoms with Crippen molar-refractivity contribution in [3.05, 3.63) is 99.0 Å². The molecule has 1 N–H and O–H groups in total. The lowest BCUT2D eigenvalue weighted by Crippen LogP contribution is -2.43. The van der Waals surface area contributed by atoms with E-state index in [-0.39, 0.29) is 42.8 Å². The first-order chi connectivity index (χ1) is 21.3. The van der Waals surface area contributed by atoms with Gasteiger partial charge in [-0.15, -0.1) is 0 Å². The molecule has 4 amide bonds. The summed E-state index contributed by atoms with van der Waals surface area (Å²) in [6, 6.07) is 21.6. The number of halogens is 2. The van der Waals surface area contributed by atoms with Gasteiger partial charge in [0.25, 0.3) is 0 Å². The zero-order valence-electron chi connectivity index (χ0n) is 23.4. The van der Waals surface area contributed by atoms with Gasteiger partial charge in [-0.2, -0.15) is 0 Å². The minimum absolute atomic E-state index is 0.113. The molecule has 0 unspecified atom stereocenters. The van der Waals surface area contributed by atoms with E-state index in [0.29, 0.717) is 30.0 Å². The molecular weight excluding hydrogens is 692 g/mol. The summed E-state index contributed by atoms with van der Waals surface area (Å²) in [5.74, 6) is -3.72. The summed E-state index contributed by atoms with van der Waals surface area (Å²) in [5.41, 5.74) is 2.81. The summed E-state index contributed by atoms with van der Waals surface area (Å²) in [5, 5.41) is 9.16. The van der Waals surface area contributed by atoms with Crippen LogP contribution in [-0.2, 0) is 19.2 Å². The molecule has 2 aliphatic heterocycles. The molecule has 0 aromatic heterocycles. The Labute approximate surface area is 270 Å². The van der Waals surface area contributed by atoms with E-state index in [0.717, 1.165) is 20.1 Å². The number of carbonyl (C=O) groups is 4. The van der Waals surface area contributed by atoms with Crippen molar-refractivity contribution in [3.63, 3.8) is 0 Å². The summed E-state index contributed by atoms with van der Waals surface area (Å²) in [4.78, 5) is 58.6. The van der Waals surface area contributed by atoms with Crippen LogP contribution in [0.15, 0.2) is 93.4 Å². The van der Waals surface area contributed by atoms with E-state index in [4.69, 9.17) is 9.84 Å². The summed E-state index contributed by atoms with van der Waals surface area (Å²) < 4.78 is 7.25. The van der Waals surface area contributed by atoms with Crippen molar-refractivity contribution in [2.75, 3.05) is 23.0 Å². The molecule has 2 saturated heterocycles. The molecule has 0 bridgehead atoms. The number of carbonyl (C=O) groups excluding carboxylic acids is 4. The number of anilines is 2. The second-order valence-electron chi connectivity index (χ2n) is 11.6. The second kappa shape index (κ2) is 11.4. The Kier molecular flexibility index (Phi) is 7.54. The van der Waals surface area contributed by atoms with Crippen molar-refractivity contribution in [1.29, 1.82) is 0 Å². The van der Waals surface area contributed by atoms with Gasteiger partial charge in [-0.05, 0) is 85.0 Å². The zero-order chi connectivity index (χ0) is 30.7. The molecule has 2 heterocycles. The molecular formula is C34H28Br2N2O6. The second-order valence-corrected chi connectivity index (χ2v) is 13.5. The van der Waals surface area contributed by atoms with Crippen LogP contribution in [0, 0.1) is 29.6 Å². The number of allylic oxidation sites excluding steroid dienone is 2. The molecule has 6 atom stereocenters. The number of hydrogen-bond acceptors (Lipinski definition) is 6. The number of fused-ring (bicyclic) bond motifs is 4. The third-order valence-electron chi connectivity index (χ3n) is 9.42. The van der Waals surface area contributed by atoms with E-state index in [9.17, 15) is 19.2 Å². The van der Waals surface area contributed by atoms with Crippen LogP contribution in [0.25, 0.3) is 0 Å². The number of aliphatic hydroxyl groups excluding tert-OH is 1. The highest BCUT2D eigenvalue weighted by molar-refractivity contribution is 9.10. The Bertz CT molecular complexity index is 1690. The smallest absolute Gasteiger partial charge is 0.238 e. The Balaban J connectivity index is 1.30. The Morgan fingerprint density at radius 3 is 1.80 bits per heavy atom. The Morgan fingerprint density at radius 1 is 0.682 bits per heavy atom. The van der Waals surface area contributed by atoms with Gasteiger partial charge in [0.2, 0.25) is 23.6 Å². The molecule has 0 radical (unpaired) electrons. The average Bonchev–Trinajstić information content (AvgIpc) is 3.44. The number of amides is 4. The number of hydrogen-bond donors (Lipinski definition) is 1. The zero-order valence-corrected chi connectivity index (χ0v) is 26.6. The van der Waals surface area contributed by atoms with Crippen LogP contribution >= 0.6 is 31.9 Å². The molecule has 3 aromatic rings. The van der Waals surface area contributed by atoms with E-state index in [1.807, 2.05) is 18.2 Å². The van der Waals surface area contributed by atoms with Gasteiger partial charge < -0.3 is 9.84 Å². The molecule has 0 spiro atoms. The number of nitrogens with zero attached hydrogens (tertiary/aromatic N) is 2. The first-order valence-electron chi connectivity index (χ1n) is 14.6. The predicted molar refractivity (Wildman–Crippen MR) is 170 cm³/mol. The van der Waals surface area contributed by atoms with Gasteiger partial charge in [-0.3, -0.25) is 29.0 Å². The van der Waals surface area contributed by atoms with Crippen LogP contribution in [0.1, 0.15) is 24.3 Å². The number of ether oxygens (including phenoxy) is 1. The van der Waals surface area contributed by atoms with Crippen molar-refractivity contribution < 1.29 is 29.0 Å². The first-order valence-corrected chi connectivity index (χ1v) is 16.2. The molecule has 3 fully saturated rings. The summed E-state index contributed by atoms with van der Waals surface area (Å²) in [6.45, 7) is 0.0433. The highest BCUT2D eigenvalue weighted by Crippen LogP contribution is 2.58. The highest BCUT2D eigenvalue weighted by atomic mass is 79.9. The lowest BCUT2D eigenvalue weighted by Gasteiger charge is -2.44. The van der Waals surface area contributed by atoms with Crippen LogP contribution in [0.3, 0.4) is 0 Å². The lowest BCUT2D eigenvalue weighted by atomic mass is 9.57. The summed E-state index contributed by atoms with van der Waals surface area (Å²) in [6.07, 6.45) is 2.74. The standard InChI is InChI=1S/C34H28Br2N2O6/c35-19-3-7-21(8-4-19)37-31(40)25-14-13-24-26(29(25)33(37)42)17-27-30(28(24)18-1-11-23(12-2-18)44-16-15-39)34(43)38(32(27)41)22-9-5-20(36)6-10-22/h1-13,25-30,39H,14-17H2/t25-,26+,27+,28-,29-,30+/m0/s1. The maximum atomic E-state index is 14.2. The van der Waals surface area contributed by atoms with Crippen LogP contribution in [0.5, 0.6) is 5.75 Å². The van der Waals surface area contributed by atoms with E-state index in [2.05, 4.69) is 31.9 Å². The van der Waals surface area contributed by atoms with Gasteiger partial charge in [0.1, 0.15) is 12.4 Å². The molecule has 7 rings (SSSR count). The molecule has 44 heavy (non-hydrogen) atoms. The van der Waals surface area contributed by atoms with E-state index >= 15 is 0 Å². The number of aliphatic hydroxyl groups is 1. The van der Waals surface area contributed by atoms with Gasteiger partial charge in [-0.1, -0.05) is 55.6 Å².